The van der Waals surface area contributed by atoms with E-state index in [0.717, 1.165) is 23.2 Å². The van der Waals surface area contributed by atoms with Crippen LogP contribution in [0.15, 0.2) is 48.8 Å². The lowest BCUT2D eigenvalue weighted by atomic mass is 10.0. The maximum Gasteiger partial charge on any atom is 0.163 e. The fourth-order valence-electron chi connectivity index (χ4n) is 2.96. The molecule has 0 spiro atoms. The van der Waals surface area contributed by atoms with Crippen LogP contribution in [0.25, 0.3) is 11.4 Å². The van der Waals surface area contributed by atoms with E-state index < -0.39 is 0 Å². The van der Waals surface area contributed by atoms with E-state index >= 15 is 0 Å². The van der Waals surface area contributed by atoms with Gasteiger partial charge in [0.1, 0.15) is 17.4 Å². The number of rotatable bonds is 3. The lowest BCUT2D eigenvalue weighted by Gasteiger charge is -2.27. The standard InChI is InChI=1S/C19H17FN4O/c1-12-9-18(24-19(22-12)13-3-2-7-21-11-13)23-16-6-8-25-17-5-4-14(20)10-15(16)17/h2-5,7,9-11,16H,6,8H2,1H3,(H,22,23,24). The number of aromatic nitrogens is 3. The molecule has 3 heterocycles. The van der Waals surface area contributed by atoms with Crippen molar-refractivity contribution in [2.45, 2.75) is 19.4 Å². The van der Waals surface area contributed by atoms with Gasteiger partial charge in [-0.05, 0) is 37.3 Å². The molecule has 0 bridgehead atoms. The molecule has 0 saturated heterocycles. The molecule has 0 amide bonds. The average molecular weight is 336 g/mol. The second-order valence-electron chi connectivity index (χ2n) is 5.98. The lowest BCUT2D eigenvalue weighted by Crippen LogP contribution is -2.21. The molecule has 4 rings (SSSR count). The summed E-state index contributed by atoms with van der Waals surface area (Å²) in [5, 5.41) is 3.40. The fourth-order valence-corrected chi connectivity index (χ4v) is 2.96. The summed E-state index contributed by atoms with van der Waals surface area (Å²) in [6, 6.07) is 10.2. The molecule has 5 nitrogen and oxygen atoms in total. The number of hydrogen-bond donors (Lipinski definition) is 1. The zero-order valence-electron chi connectivity index (χ0n) is 13.7. The van der Waals surface area contributed by atoms with Crippen LogP contribution in [0, 0.1) is 12.7 Å². The van der Waals surface area contributed by atoms with Crippen LogP contribution in [-0.4, -0.2) is 21.6 Å². The molecule has 1 aromatic carbocycles. The molecule has 6 heteroatoms. The lowest BCUT2D eigenvalue weighted by molar-refractivity contribution is 0.273. The second-order valence-corrected chi connectivity index (χ2v) is 5.98. The van der Waals surface area contributed by atoms with Crippen molar-refractivity contribution in [2.75, 3.05) is 11.9 Å². The number of aryl methyl sites for hydroxylation is 1. The van der Waals surface area contributed by atoms with Gasteiger partial charge in [-0.2, -0.15) is 0 Å². The number of fused-ring (bicyclic) bond motifs is 1. The Balaban J connectivity index is 1.66. The number of ether oxygens (including phenoxy) is 1. The maximum atomic E-state index is 13.6. The van der Waals surface area contributed by atoms with E-state index in [1.165, 1.54) is 12.1 Å². The summed E-state index contributed by atoms with van der Waals surface area (Å²) in [6.07, 6.45) is 4.19. The van der Waals surface area contributed by atoms with Crippen molar-refractivity contribution in [3.63, 3.8) is 0 Å². The number of pyridine rings is 1. The Hall–Kier alpha value is -3.02. The Morgan fingerprint density at radius 1 is 1.20 bits per heavy atom. The molecule has 0 aliphatic carbocycles. The van der Waals surface area contributed by atoms with Crippen LogP contribution in [-0.2, 0) is 0 Å². The van der Waals surface area contributed by atoms with Crippen molar-refractivity contribution < 1.29 is 9.13 Å². The van der Waals surface area contributed by atoms with Crippen molar-refractivity contribution in [1.82, 2.24) is 15.0 Å². The van der Waals surface area contributed by atoms with Crippen molar-refractivity contribution >= 4 is 5.82 Å². The van der Waals surface area contributed by atoms with Gasteiger partial charge in [0.2, 0.25) is 0 Å². The van der Waals surface area contributed by atoms with Crippen molar-refractivity contribution in [1.29, 1.82) is 0 Å². The minimum atomic E-state index is -0.272. The van der Waals surface area contributed by atoms with Gasteiger partial charge in [-0.15, -0.1) is 0 Å². The van der Waals surface area contributed by atoms with Crippen LogP contribution in [0.4, 0.5) is 10.2 Å². The molecule has 1 aliphatic rings. The van der Waals surface area contributed by atoms with Crippen LogP contribution in [0.5, 0.6) is 5.75 Å². The predicted octanol–water partition coefficient (Wildman–Crippen LogP) is 3.92. The quantitative estimate of drug-likeness (QED) is 0.785. The van der Waals surface area contributed by atoms with E-state index in [-0.39, 0.29) is 11.9 Å². The van der Waals surface area contributed by atoms with Crippen molar-refractivity contribution in [3.8, 4) is 17.1 Å². The number of hydrogen-bond acceptors (Lipinski definition) is 5. The van der Waals surface area contributed by atoms with E-state index in [1.54, 1.807) is 18.5 Å². The van der Waals surface area contributed by atoms with Gasteiger partial charge in [0.05, 0.1) is 12.6 Å². The molecule has 0 radical (unpaired) electrons. The topological polar surface area (TPSA) is 59.9 Å². The van der Waals surface area contributed by atoms with Gasteiger partial charge in [-0.1, -0.05) is 0 Å². The van der Waals surface area contributed by atoms with E-state index in [4.69, 9.17) is 4.74 Å². The molecule has 0 saturated carbocycles. The molecule has 0 fully saturated rings. The number of nitrogens with one attached hydrogen (secondary N) is 1. The van der Waals surface area contributed by atoms with Gasteiger partial charge >= 0.3 is 0 Å². The Morgan fingerprint density at radius 2 is 2.12 bits per heavy atom. The van der Waals surface area contributed by atoms with Gasteiger partial charge in [0.25, 0.3) is 0 Å². The second kappa shape index (κ2) is 6.47. The highest BCUT2D eigenvalue weighted by molar-refractivity contribution is 5.57. The molecule has 126 valence electrons. The number of anilines is 1. The Labute approximate surface area is 144 Å². The van der Waals surface area contributed by atoms with Gasteiger partial charge in [-0.3, -0.25) is 4.98 Å². The first-order valence-corrected chi connectivity index (χ1v) is 8.14. The number of nitrogens with zero attached hydrogens (tertiary/aromatic N) is 3. The van der Waals surface area contributed by atoms with E-state index in [2.05, 4.69) is 20.3 Å². The van der Waals surface area contributed by atoms with Crippen LogP contribution in [0.3, 0.4) is 0 Å². The SMILES string of the molecule is Cc1cc(NC2CCOc3ccc(F)cc32)nc(-c2cccnc2)n1. The molecule has 3 aromatic rings. The molecule has 25 heavy (non-hydrogen) atoms. The number of halogens is 1. The van der Waals surface area contributed by atoms with Crippen LogP contribution < -0.4 is 10.1 Å². The average Bonchev–Trinajstić information content (AvgIpc) is 2.62. The maximum absolute atomic E-state index is 13.6. The first-order chi connectivity index (χ1) is 12.2. The summed E-state index contributed by atoms with van der Waals surface area (Å²) in [5.41, 5.74) is 2.51. The first-order valence-electron chi connectivity index (χ1n) is 8.14. The molecule has 1 unspecified atom stereocenters. The molecule has 1 aliphatic heterocycles. The Bertz CT molecular complexity index is 901. The summed E-state index contributed by atoms with van der Waals surface area (Å²) < 4.78 is 19.3. The normalized spacial score (nSPS) is 16.0. The van der Waals surface area contributed by atoms with Crippen molar-refractivity contribution in [2.24, 2.45) is 0 Å². The van der Waals surface area contributed by atoms with E-state index in [1.807, 2.05) is 25.1 Å². The number of benzene rings is 1. The van der Waals surface area contributed by atoms with E-state index in [0.29, 0.717) is 24.0 Å². The van der Waals surface area contributed by atoms with Crippen LogP contribution in [0.1, 0.15) is 23.7 Å². The third kappa shape index (κ3) is 3.28. The molecule has 1 atom stereocenters. The monoisotopic (exact) mass is 336 g/mol. The highest BCUT2D eigenvalue weighted by Crippen LogP contribution is 2.34. The molecular weight excluding hydrogens is 319 g/mol. The van der Waals surface area contributed by atoms with Gasteiger partial charge in [0.15, 0.2) is 5.82 Å². The minimum absolute atomic E-state index is 0.0597. The summed E-state index contributed by atoms with van der Waals surface area (Å²) >= 11 is 0. The summed E-state index contributed by atoms with van der Waals surface area (Å²) in [4.78, 5) is 13.2. The third-order valence-corrected chi connectivity index (χ3v) is 4.11. The summed E-state index contributed by atoms with van der Waals surface area (Å²) in [5.74, 6) is 1.75. The minimum Gasteiger partial charge on any atom is -0.493 e. The highest BCUT2D eigenvalue weighted by atomic mass is 19.1. The highest BCUT2D eigenvalue weighted by Gasteiger charge is 2.22. The van der Waals surface area contributed by atoms with Crippen molar-refractivity contribution in [3.05, 3.63) is 65.9 Å². The molecular formula is C19H17FN4O. The summed E-state index contributed by atoms with van der Waals surface area (Å²) in [7, 11) is 0. The van der Waals surface area contributed by atoms with Gasteiger partial charge < -0.3 is 10.1 Å². The largest absolute Gasteiger partial charge is 0.493 e. The molecule has 1 N–H and O–H groups in total. The molecule has 2 aromatic heterocycles. The zero-order chi connectivity index (χ0) is 17.2. The smallest absolute Gasteiger partial charge is 0.163 e. The van der Waals surface area contributed by atoms with E-state index in [9.17, 15) is 4.39 Å². The Morgan fingerprint density at radius 3 is 2.96 bits per heavy atom. The van der Waals surface area contributed by atoms with Gasteiger partial charge in [0, 0.05) is 41.7 Å². The zero-order valence-corrected chi connectivity index (χ0v) is 13.7. The van der Waals surface area contributed by atoms with Gasteiger partial charge in [-0.25, -0.2) is 14.4 Å². The first kappa shape index (κ1) is 15.5. The Kier molecular flexibility index (Phi) is 4.01. The third-order valence-electron chi connectivity index (χ3n) is 4.11. The fraction of sp³-hybridized carbons (Fsp3) is 0.211. The van der Waals surface area contributed by atoms with Crippen LogP contribution >= 0.6 is 0 Å². The summed E-state index contributed by atoms with van der Waals surface area (Å²) in [6.45, 7) is 2.50. The van der Waals surface area contributed by atoms with Crippen LogP contribution in [0.2, 0.25) is 0 Å². The predicted molar refractivity (Wildman–Crippen MR) is 92.9 cm³/mol.